The van der Waals surface area contributed by atoms with Crippen LogP contribution in [0.15, 0.2) is 91.3 Å². The van der Waals surface area contributed by atoms with Crippen molar-refractivity contribution in [2.75, 3.05) is 0 Å². The third kappa shape index (κ3) is 3.75. The quantitative estimate of drug-likeness (QED) is 0.275. The molecule has 3 heteroatoms. The maximum absolute atomic E-state index is 13.2. The molecule has 4 aromatic carbocycles. The molecule has 5 rings (SSSR count). The lowest BCUT2D eigenvalue weighted by atomic mass is 10.0. The van der Waals surface area contributed by atoms with E-state index in [1.165, 1.54) is 16.7 Å². The van der Waals surface area contributed by atoms with Crippen LogP contribution in [-0.4, -0.2) is 10.4 Å². The Hall–Kier alpha value is -3.72. The van der Waals surface area contributed by atoms with Crippen molar-refractivity contribution in [1.29, 1.82) is 0 Å². The van der Waals surface area contributed by atoms with E-state index in [1.54, 1.807) is 0 Å². The highest BCUT2D eigenvalue weighted by Gasteiger charge is 2.20. The Morgan fingerprint density at radius 1 is 0.806 bits per heavy atom. The molecular formula is C28H25N2O+. The second kappa shape index (κ2) is 7.84. The van der Waals surface area contributed by atoms with Gasteiger partial charge < -0.3 is 0 Å². The van der Waals surface area contributed by atoms with E-state index >= 15 is 0 Å². The van der Waals surface area contributed by atoms with Crippen LogP contribution in [0, 0.1) is 13.8 Å². The van der Waals surface area contributed by atoms with Crippen molar-refractivity contribution in [3.8, 4) is 0 Å². The molecule has 0 saturated heterocycles. The minimum atomic E-state index is 0.118. The van der Waals surface area contributed by atoms with E-state index in [0.29, 0.717) is 6.54 Å². The largest absolute Gasteiger partial charge is 0.290 e. The number of nitrogens with zero attached hydrogens (tertiary/aromatic N) is 2. The number of aromatic nitrogens is 2. The van der Waals surface area contributed by atoms with Crippen molar-refractivity contribution in [2.45, 2.75) is 26.9 Å². The molecule has 0 unspecified atom stereocenters. The van der Waals surface area contributed by atoms with E-state index in [2.05, 4.69) is 77.8 Å². The highest BCUT2D eigenvalue weighted by Crippen LogP contribution is 2.20. The monoisotopic (exact) mass is 405 g/mol. The molecule has 0 saturated carbocycles. The highest BCUT2D eigenvalue weighted by molar-refractivity contribution is 6.00. The molecule has 0 amide bonds. The molecule has 0 fully saturated rings. The average molecular weight is 406 g/mol. The minimum absolute atomic E-state index is 0.118. The second-order valence-corrected chi connectivity index (χ2v) is 8.27. The Kier molecular flexibility index (Phi) is 4.87. The number of rotatable bonds is 5. The first-order valence-corrected chi connectivity index (χ1v) is 10.6. The summed E-state index contributed by atoms with van der Waals surface area (Å²) < 4.78 is 4.33. The number of hydrogen-bond donors (Lipinski definition) is 0. The van der Waals surface area contributed by atoms with Crippen molar-refractivity contribution in [1.82, 2.24) is 4.57 Å². The van der Waals surface area contributed by atoms with Crippen LogP contribution in [-0.2, 0) is 13.1 Å². The van der Waals surface area contributed by atoms with E-state index in [0.717, 1.165) is 33.9 Å². The van der Waals surface area contributed by atoms with E-state index in [-0.39, 0.29) is 5.78 Å². The van der Waals surface area contributed by atoms with Gasteiger partial charge in [0.2, 0.25) is 12.1 Å². The van der Waals surface area contributed by atoms with Gasteiger partial charge in [0.1, 0.15) is 6.54 Å². The van der Waals surface area contributed by atoms with Gasteiger partial charge in [-0.25, -0.2) is 9.13 Å². The molecule has 0 radical (unpaired) electrons. The summed E-state index contributed by atoms with van der Waals surface area (Å²) in [6.45, 7) is 5.36. The van der Waals surface area contributed by atoms with Crippen molar-refractivity contribution in [2.24, 2.45) is 0 Å². The number of hydrogen-bond acceptors (Lipinski definition) is 1. The molecule has 0 atom stereocenters. The van der Waals surface area contributed by atoms with Crippen molar-refractivity contribution >= 4 is 27.6 Å². The zero-order valence-corrected chi connectivity index (χ0v) is 17.9. The van der Waals surface area contributed by atoms with Gasteiger partial charge >= 0.3 is 0 Å². The van der Waals surface area contributed by atoms with Gasteiger partial charge in [-0.15, -0.1) is 0 Å². The molecule has 3 nitrogen and oxygen atoms in total. The summed E-state index contributed by atoms with van der Waals surface area (Å²) in [7, 11) is 0. The number of carbonyl (C=O) groups excluding carboxylic acids is 1. The number of fused-ring (bicyclic) bond motifs is 2. The number of imidazole rings is 1. The van der Waals surface area contributed by atoms with E-state index in [1.807, 2.05) is 36.4 Å². The normalized spacial score (nSPS) is 11.3. The lowest BCUT2D eigenvalue weighted by Crippen LogP contribution is -2.33. The zero-order valence-electron chi connectivity index (χ0n) is 17.9. The summed E-state index contributed by atoms with van der Waals surface area (Å²) in [6, 6.07) is 29.0. The number of ketones is 1. The second-order valence-electron chi connectivity index (χ2n) is 8.27. The lowest BCUT2D eigenvalue weighted by molar-refractivity contribution is -0.663. The molecule has 1 heterocycles. The first-order chi connectivity index (χ1) is 15.1. The van der Waals surface area contributed by atoms with Gasteiger partial charge in [0.25, 0.3) is 0 Å². The Bertz CT molecular complexity index is 1410. The van der Waals surface area contributed by atoms with Crippen molar-refractivity contribution < 1.29 is 9.36 Å². The summed E-state index contributed by atoms with van der Waals surface area (Å²) in [5, 5.41) is 2.24. The van der Waals surface area contributed by atoms with Gasteiger partial charge in [0.05, 0.1) is 0 Å². The molecule has 0 aliphatic heterocycles. The zero-order chi connectivity index (χ0) is 21.4. The van der Waals surface area contributed by atoms with Crippen LogP contribution in [0.2, 0.25) is 0 Å². The first kappa shape index (κ1) is 19.3. The summed E-state index contributed by atoms with van der Waals surface area (Å²) in [6.07, 6.45) is 2.08. The molecule has 0 aliphatic rings. The third-order valence-electron chi connectivity index (χ3n) is 6.07. The average Bonchev–Trinajstić information content (AvgIpc) is 3.10. The van der Waals surface area contributed by atoms with E-state index in [9.17, 15) is 4.79 Å². The maximum Gasteiger partial charge on any atom is 0.245 e. The van der Waals surface area contributed by atoms with Crippen LogP contribution in [0.5, 0.6) is 0 Å². The SMILES string of the molecule is Cc1cc2c(cc1C)[n+](Cc1ccccc1)cn2CC(=O)c1ccc2ccccc2c1. The Labute approximate surface area is 182 Å². The van der Waals surface area contributed by atoms with E-state index < -0.39 is 0 Å². The number of Topliss-reactive ketones (excluding diaryl/α,β-unsaturated/α-hetero) is 1. The lowest BCUT2D eigenvalue weighted by Gasteiger charge is -2.03. The summed E-state index contributed by atoms with van der Waals surface area (Å²) in [4.78, 5) is 13.2. The van der Waals surface area contributed by atoms with Gasteiger partial charge in [0.15, 0.2) is 17.6 Å². The molecule has 5 aromatic rings. The Morgan fingerprint density at radius 2 is 1.52 bits per heavy atom. The Balaban J connectivity index is 1.53. The van der Waals surface area contributed by atoms with Crippen molar-refractivity contribution in [3.05, 3.63) is 114 Å². The predicted octanol–water partition coefficient (Wildman–Crippen LogP) is 5.63. The molecule has 1 aromatic heterocycles. The number of carbonyl (C=O) groups is 1. The first-order valence-electron chi connectivity index (χ1n) is 10.6. The van der Waals surface area contributed by atoms with Crippen LogP contribution in [0.25, 0.3) is 21.8 Å². The molecule has 152 valence electrons. The maximum atomic E-state index is 13.2. The standard InChI is InChI=1S/C28H25N2O/c1-20-14-26-27(15-21(20)2)30(19-29(26)17-22-8-4-3-5-9-22)18-28(31)25-13-12-23-10-6-7-11-24(23)16-25/h3-16,19H,17-18H2,1-2H3/q+1. The summed E-state index contributed by atoms with van der Waals surface area (Å²) >= 11 is 0. The molecule has 0 bridgehead atoms. The van der Waals surface area contributed by atoms with Crippen LogP contribution < -0.4 is 4.57 Å². The van der Waals surface area contributed by atoms with E-state index in [4.69, 9.17) is 0 Å². The molecule has 0 N–H and O–H groups in total. The van der Waals surface area contributed by atoms with Gasteiger partial charge in [-0.1, -0.05) is 66.7 Å². The smallest absolute Gasteiger partial charge is 0.245 e. The van der Waals surface area contributed by atoms with Crippen LogP contribution in [0.1, 0.15) is 27.0 Å². The number of aryl methyl sites for hydroxylation is 2. The van der Waals surface area contributed by atoms with Gasteiger partial charge in [-0.2, -0.15) is 0 Å². The minimum Gasteiger partial charge on any atom is -0.290 e. The van der Waals surface area contributed by atoms with Gasteiger partial charge in [0, 0.05) is 5.56 Å². The third-order valence-corrected chi connectivity index (χ3v) is 6.07. The van der Waals surface area contributed by atoms with Gasteiger partial charge in [-0.3, -0.25) is 4.79 Å². The van der Waals surface area contributed by atoms with Crippen LogP contribution in [0.4, 0.5) is 0 Å². The summed E-state index contributed by atoms with van der Waals surface area (Å²) in [5.41, 5.74) is 6.72. The molecular weight excluding hydrogens is 380 g/mol. The Morgan fingerprint density at radius 3 is 2.32 bits per heavy atom. The number of benzene rings is 4. The predicted molar refractivity (Wildman–Crippen MR) is 125 cm³/mol. The topological polar surface area (TPSA) is 25.9 Å². The molecule has 0 spiro atoms. The molecule has 0 aliphatic carbocycles. The fraction of sp³-hybridized carbons (Fsp3) is 0.143. The molecule has 31 heavy (non-hydrogen) atoms. The fourth-order valence-electron chi connectivity index (χ4n) is 4.18. The fourth-order valence-corrected chi connectivity index (χ4v) is 4.18. The van der Waals surface area contributed by atoms with Crippen molar-refractivity contribution in [3.63, 3.8) is 0 Å². The highest BCUT2D eigenvalue weighted by atomic mass is 16.1. The van der Waals surface area contributed by atoms with Crippen LogP contribution >= 0.6 is 0 Å². The van der Waals surface area contributed by atoms with Gasteiger partial charge in [-0.05, 0) is 59.5 Å². The van der Waals surface area contributed by atoms with Crippen LogP contribution in [0.3, 0.4) is 0 Å². The summed E-state index contributed by atoms with van der Waals surface area (Å²) in [5.74, 6) is 0.118.